The molecule has 0 radical (unpaired) electrons. The molecule has 1 saturated heterocycles. The molecule has 1 amide bonds. The molecule has 1 aliphatic heterocycles. The van der Waals surface area contributed by atoms with Crippen molar-refractivity contribution in [3.05, 3.63) is 107 Å². The smallest absolute Gasteiger partial charge is 0.224 e. The van der Waals surface area contributed by atoms with Gasteiger partial charge >= 0.3 is 0 Å². The van der Waals surface area contributed by atoms with Crippen LogP contribution in [0.1, 0.15) is 34.6 Å². The molecule has 1 fully saturated rings. The minimum atomic E-state index is -0.180. The van der Waals surface area contributed by atoms with Crippen LogP contribution in [-0.2, 0) is 17.8 Å². The van der Waals surface area contributed by atoms with Crippen molar-refractivity contribution in [2.75, 3.05) is 19.6 Å². The number of nitrogens with zero attached hydrogens (tertiary/aromatic N) is 1. The summed E-state index contributed by atoms with van der Waals surface area (Å²) < 4.78 is 13.8. The van der Waals surface area contributed by atoms with E-state index in [0.29, 0.717) is 12.1 Å². The first-order valence-electron chi connectivity index (χ1n) is 11.4. The Hall–Kier alpha value is -2.98. The quantitative estimate of drug-likeness (QED) is 0.566. The molecule has 0 spiro atoms. The first kappa shape index (κ1) is 22.2. The molecule has 2 unspecified atom stereocenters. The molecule has 0 aromatic heterocycles. The summed E-state index contributed by atoms with van der Waals surface area (Å²) in [5.74, 6) is 0.0543. The zero-order valence-corrected chi connectivity index (χ0v) is 18.6. The van der Waals surface area contributed by atoms with Crippen LogP contribution in [0.4, 0.5) is 4.39 Å². The predicted molar refractivity (Wildman–Crippen MR) is 127 cm³/mol. The van der Waals surface area contributed by atoms with Crippen LogP contribution in [0.2, 0.25) is 0 Å². The molecular weight excluding hydrogens is 399 g/mol. The van der Waals surface area contributed by atoms with Gasteiger partial charge in [0.05, 0.1) is 5.92 Å². The third-order valence-electron chi connectivity index (χ3n) is 6.36. The van der Waals surface area contributed by atoms with Crippen molar-refractivity contribution < 1.29 is 9.18 Å². The van der Waals surface area contributed by atoms with E-state index in [2.05, 4.69) is 34.5 Å². The van der Waals surface area contributed by atoms with Gasteiger partial charge in [-0.05, 0) is 54.0 Å². The van der Waals surface area contributed by atoms with E-state index < -0.39 is 0 Å². The summed E-state index contributed by atoms with van der Waals surface area (Å²) >= 11 is 0. The highest BCUT2D eigenvalue weighted by atomic mass is 19.1. The molecule has 2 atom stereocenters. The Morgan fingerprint density at radius 3 is 2.34 bits per heavy atom. The van der Waals surface area contributed by atoms with Gasteiger partial charge in [-0.15, -0.1) is 0 Å². The summed E-state index contributed by atoms with van der Waals surface area (Å²) in [4.78, 5) is 15.5. The number of carbonyl (C=O) groups excluding carboxylic acids is 1. The number of hydrogen-bond acceptors (Lipinski definition) is 2. The fourth-order valence-electron chi connectivity index (χ4n) is 4.63. The Kier molecular flexibility index (Phi) is 7.33. The topological polar surface area (TPSA) is 32.3 Å². The maximum atomic E-state index is 13.8. The van der Waals surface area contributed by atoms with E-state index in [1.54, 1.807) is 13.0 Å². The number of likely N-dealkylation sites (tertiary alicyclic amines) is 1. The van der Waals surface area contributed by atoms with Crippen LogP contribution in [0, 0.1) is 18.7 Å². The van der Waals surface area contributed by atoms with Gasteiger partial charge in [0.25, 0.3) is 0 Å². The second-order valence-electron chi connectivity index (χ2n) is 8.84. The molecular formula is C28H31FN2O. The molecule has 0 bridgehead atoms. The Labute approximate surface area is 190 Å². The molecule has 3 aromatic rings. The predicted octanol–water partition coefficient (Wildman–Crippen LogP) is 5.10. The van der Waals surface area contributed by atoms with Crippen molar-refractivity contribution in [3.63, 3.8) is 0 Å². The summed E-state index contributed by atoms with van der Waals surface area (Å²) in [6.07, 6.45) is 1.61. The molecule has 1 heterocycles. The SMILES string of the molecule is Cc1cc(C2CC(C(=O)NCCc3ccccc3)CN(Cc3ccccc3)C2)ccc1F. The first-order valence-corrected chi connectivity index (χ1v) is 11.4. The van der Waals surface area contributed by atoms with Gasteiger partial charge in [0.2, 0.25) is 5.91 Å². The average molecular weight is 431 g/mol. The van der Waals surface area contributed by atoms with E-state index in [4.69, 9.17) is 0 Å². The lowest BCUT2D eigenvalue weighted by Crippen LogP contribution is -2.45. The highest BCUT2D eigenvalue weighted by molar-refractivity contribution is 5.79. The molecule has 166 valence electrons. The number of aryl methyl sites for hydroxylation is 1. The van der Waals surface area contributed by atoms with Crippen LogP contribution in [0.3, 0.4) is 0 Å². The standard InChI is InChI=1S/C28H31FN2O/c1-21-16-24(12-13-27(21)29)25-17-26(20-31(19-25)18-23-10-6-3-7-11-23)28(32)30-15-14-22-8-4-2-5-9-22/h2-13,16,25-26H,14-15,17-20H2,1H3,(H,30,32). The summed E-state index contributed by atoms with van der Waals surface area (Å²) in [7, 11) is 0. The third-order valence-corrected chi connectivity index (χ3v) is 6.36. The third kappa shape index (κ3) is 5.83. The van der Waals surface area contributed by atoms with Crippen molar-refractivity contribution in [2.45, 2.75) is 32.2 Å². The lowest BCUT2D eigenvalue weighted by atomic mass is 9.83. The summed E-state index contributed by atoms with van der Waals surface area (Å²) in [5, 5.41) is 3.15. The van der Waals surface area contributed by atoms with E-state index in [1.807, 2.05) is 48.5 Å². The fraction of sp³-hybridized carbons (Fsp3) is 0.321. The van der Waals surface area contributed by atoms with Gasteiger partial charge in [-0.25, -0.2) is 4.39 Å². The van der Waals surface area contributed by atoms with E-state index in [9.17, 15) is 9.18 Å². The minimum absolute atomic E-state index is 0.0846. The van der Waals surface area contributed by atoms with Crippen molar-refractivity contribution in [1.82, 2.24) is 10.2 Å². The Morgan fingerprint density at radius 1 is 0.969 bits per heavy atom. The van der Waals surface area contributed by atoms with Gasteiger partial charge < -0.3 is 5.32 Å². The number of piperidine rings is 1. The van der Waals surface area contributed by atoms with E-state index >= 15 is 0 Å². The fourth-order valence-corrected chi connectivity index (χ4v) is 4.63. The summed E-state index contributed by atoms with van der Waals surface area (Å²) in [6, 6.07) is 26.0. The maximum Gasteiger partial charge on any atom is 0.224 e. The maximum absolute atomic E-state index is 13.8. The molecule has 4 rings (SSSR count). The zero-order valence-electron chi connectivity index (χ0n) is 18.6. The second-order valence-corrected chi connectivity index (χ2v) is 8.84. The van der Waals surface area contributed by atoms with Crippen molar-refractivity contribution >= 4 is 5.91 Å². The minimum Gasteiger partial charge on any atom is -0.355 e. The number of hydrogen-bond donors (Lipinski definition) is 1. The Bertz CT molecular complexity index is 1020. The highest BCUT2D eigenvalue weighted by Crippen LogP contribution is 2.32. The Balaban J connectivity index is 1.45. The van der Waals surface area contributed by atoms with Gasteiger partial charge in [0.1, 0.15) is 5.82 Å². The van der Waals surface area contributed by atoms with Crippen LogP contribution in [0.25, 0.3) is 0 Å². The highest BCUT2D eigenvalue weighted by Gasteiger charge is 2.32. The summed E-state index contributed by atoms with van der Waals surface area (Å²) in [5.41, 5.74) is 4.24. The largest absolute Gasteiger partial charge is 0.355 e. The molecule has 3 nitrogen and oxygen atoms in total. The van der Waals surface area contributed by atoms with Gasteiger partial charge in [0, 0.05) is 26.2 Å². The number of carbonyl (C=O) groups is 1. The molecule has 0 saturated carbocycles. The van der Waals surface area contributed by atoms with Gasteiger partial charge in [-0.2, -0.15) is 0 Å². The van der Waals surface area contributed by atoms with Crippen LogP contribution < -0.4 is 5.32 Å². The van der Waals surface area contributed by atoms with Crippen molar-refractivity contribution in [1.29, 1.82) is 0 Å². The Morgan fingerprint density at radius 2 is 1.66 bits per heavy atom. The monoisotopic (exact) mass is 430 g/mol. The number of benzene rings is 3. The average Bonchev–Trinajstić information content (AvgIpc) is 2.82. The lowest BCUT2D eigenvalue weighted by Gasteiger charge is -2.37. The molecule has 1 N–H and O–H groups in total. The van der Waals surface area contributed by atoms with E-state index in [-0.39, 0.29) is 23.6 Å². The van der Waals surface area contributed by atoms with Gasteiger partial charge in [0.15, 0.2) is 0 Å². The summed E-state index contributed by atoms with van der Waals surface area (Å²) in [6.45, 7) is 4.86. The van der Waals surface area contributed by atoms with Crippen LogP contribution >= 0.6 is 0 Å². The van der Waals surface area contributed by atoms with Crippen LogP contribution in [0.15, 0.2) is 78.9 Å². The lowest BCUT2D eigenvalue weighted by molar-refractivity contribution is -0.127. The van der Waals surface area contributed by atoms with E-state index in [1.165, 1.54) is 11.1 Å². The number of halogens is 1. The van der Waals surface area contributed by atoms with E-state index in [0.717, 1.165) is 38.0 Å². The normalized spacial score (nSPS) is 18.9. The number of amides is 1. The van der Waals surface area contributed by atoms with Crippen molar-refractivity contribution in [2.24, 2.45) is 5.92 Å². The molecule has 3 aromatic carbocycles. The molecule has 32 heavy (non-hydrogen) atoms. The zero-order chi connectivity index (χ0) is 22.3. The molecule has 4 heteroatoms. The van der Waals surface area contributed by atoms with Gasteiger partial charge in [-0.1, -0.05) is 72.8 Å². The molecule has 1 aliphatic rings. The van der Waals surface area contributed by atoms with Crippen molar-refractivity contribution in [3.8, 4) is 0 Å². The van der Waals surface area contributed by atoms with Crippen LogP contribution in [0.5, 0.6) is 0 Å². The second kappa shape index (κ2) is 10.6. The number of rotatable bonds is 7. The number of nitrogens with one attached hydrogen (secondary N) is 1. The molecule has 0 aliphatic carbocycles. The van der Waals surface area contributed by atoms with Gasteiger partial charge in [-0.3, -0.25) is 9.69 Å². The van der Waals surface area contributed by atoms with Crippen LogP contribution in [-0.4, -0.2) is 30.4 Å². The first-order chi connectivity index (χ1) is 15.6.